The van der Waals surface area contributed by atoms with Crippen molar-refractivity contribution in [2.24, 2.45) is 5.84 Å². The highest BCUT2D eigenvalue weighted by Crippen LogP contribution is 2.39. The third-order valence-electron chi connectivity index (χ3n) is 3.05. The molecule has 1 aliphatic rings. The van der Waals surface area contributed by atoms with E-state index in [1.165, 1.54) is 0 Å². The number of nitrogens with two attached hydrogens (primary N) is 1. The zero-order valence-corrected chi connectivity index (χ0v) is 10.8. The van der Waals surface area contributed by atoms with Crippen molar-refractivity contribution >= 4 is 11.6 Å². The maximum atomic E-state index is 12.9. The van der Waals surface area contributed by atoms with Crippen LogP contribution in [-0.4, -0.2) is 28.9 Å². The second-order valence-corrected chi connectivity index (χ2v) is 4.74. The van der Waals surface area contributed by atoms with Gasteiger partial charge < -0.3 is 10.7 Å². The molecular formula is C11H15F4N5. The average Bonchev–Trinajstić information content (AvgIpc) is 3.21. The Labute approximate surface area is 112 Å². The Kier molecular flexibility index (Phi) is 3.98. The molecule has 20 heavy (non-hydrogen) atoms. The Morgan fingerprint density at radius 1 is 1.30 bits per heavy atom. The number of nitrogens with one attached hydrogen (secondary N) is 2. The van der Waals surface area contributed by atoms with E-state index in [0.29, 0.717) is 17.2 Å². The summed E-state index contributed by atoms with van der Waals surface area (Å²) in [6, 6.07) is 0. The third kappa shape index (κ3) is 3.09. The predicted molar refractivity (Wildman–Crippen MR) is 66.0 cm³/mol. The van der Waals surface area contributed by atoms with E-state index >= 15 is 0 Å². The third-order valence-corrected chi connectivity index (χ3v) is 3.05. The van der Waals surface area contributed by atoms with Crippen LogP contribution >= 0.6 is 0 Å². The van der Waals surface area contributed by atoms with Gasteiger partial charge >= 0.3 is 12.3 Å². The van der Waals surface area contributed by atoms with Crippen LogP contribution in [0.1, 0.15) is 30.1 Å². The molecule has 0 aromatic carbocycles. The molecule has 1 saturated carbocycles. The summed E-state index contributed by atoms with van der Waals surface area (Å²) in [6.45, 7) is 0.366. The van der Waals surface area contributed by atoms with E-state index in [9.17, 15) is 17.6 Å². The highest BCUT2D eigenvalue weighted by Gasteiger charge is 2.40. The first-order chi connectivity index (χ1) is 9.35. The molecule has 1 heterocycles. The van der Waals surface area contributed by atoms with Crippen molar-refractivity contribution in [3.8, 4) is 0 Å². The van der Waals surface area contributed by atoms with Crippen LogP contribution in [0.5, 0.6) is 0 Å². The van der Waals surface area contributed by atoms with Crippen molar-refractivity contribution in [3.63, 3.8) is 0 Å². The summed E-state index contributed by atoms with van der Waals surface area (Å²) in [6.07, 6.45) is -1.90. The zero-order chi connectivity index (χ0) is 14.9. The van der Waals surface area contributed by atoms with Crippen LogP contribution in [0.15, 0.2) is 0 Å². The molecule has 9 heteroatoms. The van der Waals surface area contributed by atoms with Crippen LogP contribution in [0.4, 0.5) is 29.2 Å². The molecule has 2 rings (SSSR count). The largest absolute Gasteiger partial charge is 0.363 e. The molecule has 0 bridgehead atoms. The maximum absolute atomic E-state index is 12.9. The summed E-state index contributed by atoms with van der Waals surface area (Å²) in [4.78, 5) is 8.28. The minimum absolute atomic E-state index is 0.0928. The van der Waals surface area contributed by atoms with Crippen LogP contribution in [-0.2, 0) is 0 Å². The number of hydrogen-bond donors (Lipinski definition) is 3. The van der Waals surface area contributed by atoms with Gasteiger partial charge in [0.1, 0.15) is 17.5 Å². The van der Waals surface area contributed by atoms with E-state index in [-0.39, 0.29) is 11.7 Å². The highest BCUT2D eigenvalue weighted by atomic mass is 19.3. The van der Waals surface area contributed by atoms with Gasteiger partial charge in [-0.15, -0.1) is 0 Å². The topological polar surface area (TPSA) is 75.9 Å². The number of aromatic nitrogens is 2. The van der Waals surface area contributed by atoms with Gasteiger partial charge in [-0.25, -0.2) is 24.6 Å². The van der Waals surface area contributed by atoms with Crippen LogP contribution in [0.2, 0.25) is 0 Å². The minimum atomic E-state index is -4.12. The van der Waals surface area contributed by atoms with Crippen molar-refractivity contribution in [1.29, 1.82) is 0 Å². The van der Waals surface area contributed by atoms with Crippen molar-refractivity contribution in [1.82, 2.24) is 9.97 Å². The lowest BCUT2D eigenvalue weighted by atomic mass is 10.2. The second kappa shape index (κ2) is 5.39. The number of anilines is 2. The fourth-order valence-electron chi connectivity index (χ4n) is 1.65. The van der Waals surface area contributed by atoms with E-state index < -0.39 is 18.9 Å². The molecule has 0 spiro atoms. The number of rotatable bonds is 6. The van der Waals surface area contributed by atoms with Gasteiger partial charge in [-0.3, -0.25) is 0 Å². The summed E-state index contributed by atoms with van der Waals surface area (Å²) in [5.74, 6) is 2.23. The predicted octanol–water partition coefficient (Wildman–Crippen LogP) is 2.26. The molecule has 112 valence electrons. The summed E-state index contributed by atoms with van der Waals surface area (Å²) in [5.41, 5.74) is 2.76. The summed E-state index contributed by atoms with van der Waals surface area (Å²) in [5, 5.41) is 2.26. The van der Waals surface area contributed by atoms with Gasteiger partial charge in [0, 0.05) is 11.5 Å². The first-order valence-electron chi connectivity index (χ1n) is 6.10. The lowest BCUT2D eigenvalue weighted by Crippen LogP contribution is -2.35. The number of nitrogen functional groups attached to an aromatic ring is 1. The molecule has 1 fully saturated rings. The Bertz CT molecular complexity index is 490. The minimum Gasteiger partial charge on any atom is -0.363 e. The quantitative estimate of drug-likeness (QED) is 0.426. The molecule has 0 atom stereocenters. The number of halogens is 4. The Morgan fingerprint density at radius 2 is 1.90 bits per heavy atom. The summed E-state index contributed by atoms with van der Waals surface area (Å²) < 4.78 is 50.1. The highest BCUT2D eigenvalue weighted by molar-refractivity contribution is 5.57. The molecule has 0 unspecified atom stereocenters. The molecule has 0 amide bonds. The molecule has 0 saturated heterocycles. The standard InChI is InChI=1S/C11H15F4N5/c1-5-7(17-4-11(14,15)10(12)13)18-9(6-2-3-6)19-8(5)20-16/h6,10H,2-4,16H2,1H3,(H2,17,18,19,20). The maximum Gasteiger partial charge on any atom is 0.324 e. The number of hydrogen-bond acceptors (Lipinski definition) is 5. The van der Waals surface area contributed by atoms with Gasteiger partial charge in [0.05, 0.1) is 6.54 Å². The first kappa shape index (κ1) is 14.8. The normalized spacial score (nSPS) is 15.6. The van der Waals surface area contributed by atoms with Crippen molar-refractivity contribution in [2.75, 3.05) is 17.3 Å². The van der Waals surface area contributed by atoms with Gasteiger partial charge in [-0.05, 0) is 19.8 Å². The number of hydrazine groups is 1. The van der Waals surface area contributed by atoms with Crippen LogP contribution in [0.25, 0.3) is 0 Å². The summed E-state index contributed by atoms with van der Waals surface area (Å²) in [7, 11) is 0. The van der Waals surface area contributed by atoms with Crippen molar-refractivity contribution in [2.45, 2.75) is 38.0 Å². The Morgan fingerprint density at radius 3 is 2.40 bits per heavy atom. The van der Waals surface area contributed by atoms with Crippen molar-refractivity contribution in [3.05, 3.63) is 11.4 Å². The molecule has 1 aromatic heterocycles. The molecule has 5 nitrogen and oxygen atoms in total. The fraction of sp³-hybridized carbons (Fsp3) is 0.636. The van der Waals surface area contributed by atoms with Crippen LogP contribution in [0, 0.1) is 6.92 Å². The Hall–Kier alpha value is -1.64. The zero-order valence-electron chi connectivity index (χ0n) is 10.8. The van der Waals surface area contributed by atoms with E-state index in [0.717, 1.165) is 12.8 Å². The van der Waals surface area contributed by atoms with E-state index in [2.05, 4.69) is 20.7 Å². The van der Waals surface area contributed by atoms with Crippen molar-refractivity contribution < 1.29 is 17.6 Å². The van der Waals surface area contributed by atoms with E-state index in [1.807, 2.05) is 0 Å². The smallest absolute Gasteiger partial charge is 0.324 e. The SMILES string of the molecule is Cc1c(NN)nc(C2CC2)nc1NCC(F)(F)C(F)F. The van der Waals surface area contributed by atoms with Gasteiger partial charge in [0.2, 0.25) is 0 Å². The molecule has 1 aliphatic carbocycles. The molecule has 4 N–H and O–H groups in total. The lowest BCUT2D eigenvalue weighted by molar-refractivity contribution is -0.117. The molecule has 0 radical (unpaired) electrons. The number of nitrogens with zero attached hydrogens (tertiary/aromatic N) is 2. The van der Waals surface area contributed by atoms with E-state index in [1.54, 1.807) is 6.92 Å². The Balaban J connectivity index is 2.20. The molecular weight excluding hydrogens is 278 g/mol. The fourth-order valence-corrected chi connectivity index (χ4v) is 1.65. The molecule has 1 aromatic rings. The summed E-state index contributed by atoms with van der Waals surface area (Å²) >= 11 is 0. The van der Waals surface area contributed by atoms with Gasteiger partial charge in [-0.2, -0.15) is 8.78 Å². The lowest BCUT2D eigenvalue weighted by Gasteiger charge is -2.18. The number of alkyl halides is 4. The van der Waals surface area contributed by atoms with Gasteiger partial charge in [0.15, 0.2) is 0 Å². The van der Waals surface area contributed by atoms with Crippen LogP contribution in [0.3, 0.4) is 0 Å². The molecule has 0 aliphatic heterocycles. The second-order valence-electron chi connectivity index (χ2n) is 4.74. The van der Waals surface area contributed by atoms with Crippen LogP contribution < -0.4 is 16.6 Å². The van der Waals surface area contributed by atoms with Gasteiger partial charge in [0.25, 0.3) is 0 Å². The first-order valence-corrected chi connectivity index (χ1v) is 6.10. The van der Waals surface area contributed by atoms with E-state index in [4.69, 9.17) is 5.84 Å². The average molecular weight is 293 g/mol. The van der Waals surface area contributed by atoms with Gasteiger partial charge in [-0.1, -0.05) is 0 Å². The monoisotopic (exact) mass is 293 g/mol.